The minimum absolute atomic E-state index is 0.0203. The van der Waals surface area contributed by atoms with Gasteiger partial charge in [-0.1, -0.05) is 11.8 Å². The highest BCUT2D eigenvalue weighted by Gasteiger charge is 2.16. The second kappa shape index (κ2) is 9.53. The number of amides is 1. The lowest BCUT2D eigenvalue weighted by atomic mass is 10.2. The fourth-order valence-corrected chi connectivity index (χ4v) is 4.46. The first kappa shape index (κ1) is 20.9. The summed E-state index contributed by atoms with van der Waals surface area (Å²) in [6, 6.07) is 0. The van der Waals surface area contributed by atoms with Crippen LogP contribution >= 0.6 is 23.1 Å². The molecular weight excluding hydrogens is 370 g/mol. The lowest BCUT2D eigenvalue weighted by Crippen LogP contribution is -2.28. The van der Waals surface area contributed by atoms with Gasteiger partial charge in [0.15, 0.2) is 5.16 Å². The molecule has 2 aromatic rings. The number of aryl methyl sites for hydroxylation is 2. The molecule has 0 aliphatic rings. The van der Waals surface area contributed by atoms with Crippen LogP contribution in [0.1, 0.15) is 37.6 Å². The first-order valence-corrected chi connectivity index (χ1v) is 10.7. The van der Waals surface area contributed by atoms with E-state index in [2.05, 4.69) is 10.3 Å². The molecule has 8 heteroatoms. The lowest BCUT2D eigenvalue weighted by Gasteiger charge is -2.10. The summed E-state index contributed by atoms with van der Waals surface area (Å²) in [5, 5.41) is 4.18. The summed E-state index contributed by atoms with van der Waals surface area (Å²) < 4.78 is 7.09. The predicted molar refractivity (Wildman–Crippen MR) is 108 cm³/mol. The number of carbonyl (C=O) groups is 1. The largest absolute Gasteiger partial charge is 0.379 e. The number of hydrogen-bond donors (Lipinski definition) is 1. The quantitative estimate of drug-likeness (QED) is 0.400. The van der Waals surface area contributed by atoms with Gasteiger partial charge in [0.2, 0.25) is 5.91 Å². The smallest absolute Gasteiger partial charge is 0.263 e. The van der Waals surface area contributed by atoms with Gasteiger partial charge >= 0.3 is 0 Å². The Bertz CT molecular complexity index is 827. The number of thioether (sulfide) groups is 1. The average molecular weight is 398 g/mol. The van der Waals surface area contributed by atoms with Crippen molar-refractivity contribution in [2.24, 2.45) is 0 Å². The van der Waals surface area contributed by atoms with Crippen molar-refractivity contribution < 1.29 is 9.53 Å². The van der Waals surface area contributed by atoms with Crippen LogP contribution in [-0.2, 0) is 16.1 Å². The van der Waals surface area contributed by atoms with Crippen LogP contribution in [0.15, 0.2) is 9.95 Å². The molecule has 144 valence electrons. The number of thiophene rings is 1. The molecule has 0 aromatic carbocycles. The highest BCUT2D eigenvalue weighted by molar-refractivity contribution is 7.99. The Morgan fingerprint density at radius 3 is 2.77 bits per heavy atom. The zero-order chi connectivity index (χ0) is 19.3. The molecular formula is C18H27N3O3S2. The third kappa shape index (κ3) is 5.08. The molecule has 0 saturated heterocycles. The highest BCUT2D eigenvalue weighted by atomic mass is 32.2. The van der Waals surface area contributed by atoms with Gasteiger partial charge in [-0.05, 0) is 46.6 Å². The van der Waals surface area contributed by atoms with Crippen LogP contribution in [-0.4, -0.2) is 40.5 Å². The molecule has 2 rings (SSSR count). The molecule has 0 unspecified atom stereocenters. The monoisotopic (exact) mass is 397 g/mol. The van der Waals surface area contributed by atoms with E-state index in [4.69, 9.17) is 4.74 Å². The SMILES string of the molecule is CCn1c(SCC(=O)NCCCOC(C)C)nc2sc(C)c(C)c2c1=O. The molecule has 0 spiro atoms. The molecule has 2 aromatic heterocycles. The van der Waals surface area contributed by atoms with E-state index in [-0.39, 0.29) is 23.3 Å². The average Bonchev–Trinajstić information content (AvgIpc) is 2.87. The highest BCUT2D eigenvalue weighted by Crippen LogP contribution is 2.28. The Balaban J connectivity index is 2.00. The van der Waals surface area contributed by atoms with Crippen molar-refractivity contribution in [1.29, 1.82) is 0 Å². The Hall–Kier alpha value is -1.38. The van der Waals surface area contributed by atoms with Gasteiger partial charge in [-0.25, -0.2) is 4.98 Å². The molecule has 26 heavy (non-hydrogen) atoms. The fourth-order valence-electron chi connectivity index (χ4n) is 2.50. The van der Waals surface area contributed by atoms with Crippen molar-refractivity contribution in [3.63, 3.8) is 0 Å². The molecule has 0 aliphatic heterocycles. The molecule has 0 bridgehead atoms. The van der Waals surface area contributed by atoms with Crippen LogP contribution in [0.5, 0.6) is 0 Å². The minimum atomic E-state index is -0.0601. The van der Waals surface area contributed by atoms with Gasteiger partial charge in [0.25, 0.3) is 5.56 Å². The first-order valence-electron chi connectivity index (χ1n) is 8.86. The van der Waals surface area contributed by atoms with Crippen LogP contribution < -0.4 is 10.9 Å². The number of ether oxygens (including phenoxy) is 1. The number of carbonyl (C=O) groups excluding carboxylic acids is 1. The summed E-state index contributed by atoms with van der Waals surface area (Å²) in [4.78, 5) is 31.3. The maximum Gasteiger partial charge on any atom is 0.263 e. The van der Waals surface area contributed by atoms with E-state index in [1.807, 2.05) is 34.6 Å². The van der Waals surface area contributed by atoms with E-state index in [0.29, 0.717) is 30.2 Å². The van der Waals surface area contributed by atoms with Gasteiger partial charge in [-0.15, -0.1) is 11.3 Å². The standard InChI is InChI=1S/C18H27N3O3S2/c1-6-21-17(23)15-12(4)13(5)26-16(15)20-18(21)25-10-14(22)19-8-7-9-24-11(2)3/h11H,6-10H2,1-5H3,(H,19,22). The summed E-state index contributed by atoms with van der Waals surface area (Å²) in [5.41, 5.74) is 0.982. The van der Waals surface area contributed by atoms with E-state index < -0.39 is 0 Å². The second-order valence-electron chi connectivity index (χ2n) is 6.32. The van der Waals surface area contributed by atoms with Gasteiger partial charge < -0.3 is 10.1 Å². The molecule has 0 aliphatic carbocycles. The Morgan fingerprint density at radius 2 is 2.12 bits per heavy atom. The number of rotatable bonds is 9. The second-order valence-corrected chi connectivity index (χ2v) is 8.46. The number of nitrogens with one attached hydrogen (secondary N) is 1. The Morgan fingerprint density at radius 1 is 1.38 bits per heavy atom. The van der Waals surface area contributed by atoms with Crippen LogP contribution in [0, 0.1) is 13.8 Å². The van der Waals surface area contributed by atoms with E-state index in [1.165, 1.54) is 23.1 Å². The molecule has 0 radical (unpaired) electrons. The first-order chi connectivity index (χ1) is 12.3. The van der Waals surface area contributed by atoms with E-state index in [9.17, 15) is 9.59 Å². The predicted octanol–water partition coefficient (Wildman–Crippen LogP) is 3.12. The summed E-state index contributed by atoms with van der Waals surface area (Å²) in [6.45, 7) is 11.6. The van der Waals surface area contributed by atoms with Gasteiger partial charge in [0, 0.05) is 24.6 Å². The van der Waals surface area contributed by atoms with Crippen molar-refractivity contribution in [2.75, 3.05) is 18.9 Å². The molecule has 1 N–H and O–H groups in total. The van der Waals surface area contributed by atoms with Gasteiger partial charge in [0.1, 0.15) is 4.83 Å². The van der Waals surface area contributed by atoms with Crippen molar-refractivity contribution in [1.82, 2.24) is 14.9 Å². The molecule has 6 nitrogen and oxygen atoms in total. The van der Waals surface area contributed by atoms with Crippen molar-refractivity contribution in [2.45, 2.75) is 58.8 Å². The normalized spacial score (nSPS) is 11.5. The summed E-state index contributed by atoms with van der Waals surface area (Å²) in [7, 11) is 0. The minimum Gasteiger partial charge on any atom is -0.379 e. The lowest BCUT2D eigenvalue weighted by molar-refractivity contribution is -0.118. The van der Waals surface area contributed by atoms with Crippen molar-refractivity contribution in [3.05, 3.63) is 20.8 Å². The topological polar surface area (TPSA) is 73.2 Å². The van der Waals surface area contributed by atoms with Crippen molar-refractivity contribution >= 4 is 39.2 Å². The summed E-state index contributed by atoms with van der Waals surface area (Å²) >= 11 is 2.84. The van der Waals surface area contributed by atoms with Crippen LogP contribution in [0.2, 0.25) is 0 Å². The third-order valence-electron chi connectivity index (χ3n) is 4.00. The number of hydrogen-bond acceptors (Lipinski definition) is 6. The third-order valence-corrected chi connectivity index (χ3v) is 6.07. The maximum absolute atomic E-state index is 12.8. The zero-order valence-corrected chi connectivity index (χ0v) is 17.7. The van der Waals surface area contributed by atoms with Gasteiger partial charge in [0.05, 0.1) is 17.2 Å². The van der Waals surface area contributed by atoms with E-state index in [0.717, 1.165) is 21.7 Å². The Labute approximate surface area is 162 Å². The zero-order valence-electron chi connectivity index (χ0n) is 16.0. The summed E-state index contributed by atoms with van der Waals surface area (Å²) in [6.07, 6.45) is 0.990. The van der Waals surface area contributed by atoms with Gasteiger partial charge in [-0.2, -0.15) is 0 Å². The fraction of sp³-hybridized carbons (Fsp3) is 0.611. The number of nitrogens with zero attached hydrogens (tertiary/aromatic N) is 2. The number of aromatic nitrogens is 2. The van der Waals surface area contributed by atoms with E-state index in [1.54, 1.807) is 4.57 Å². The Kier molecular flexibility index (Phi) is 7.67. The molecule has 0 fully saturated rings. The molecule has 0 atom stereocenters. The molecule has 2 heterocycles. The van der Waals surface area contributed by atoms with Crippen LogP contribution in [0.4, 0.5) is 0 Å². The molecule has 0 saturated carbocycles. The van der Waals surface area contributed by atoms with Crippen LogP contribution in [0.3, 0.4) is 0 Å². The van der Waals surface area contributed by atoms with Crippen LogP contribution in [0.25, 0.3) is 10.2 Å². The van der Waals surface area contributed by atoms with Crippen molar-refractivity contribution in [3.8, 4) is 0 Å². The number of fused-ring (bicyclic) bond motifs is 1. The van der Waals surface area contributed by atoms with E-state index >= 15 is 0 Å². The maximum atomic E-state index is 12.8. The molecule has 1 amide bonds. The van der Waals surface area contributed by atoms with Gasteiger partial charge in [-0.3, -0.25) is 14.2 Å². The summed E-state index contributed by atoms with van der Waals surface area (Å²) in [5.74, 6) is 0.182.